The molecule has 0 atom stereocenters. The molecule has 0 amide bonds. The molecule has 0 radical (unpaired) electrons. The Kier molecular flexibility index (Phi) is 2.55. The number of nitrogens with one attached hydrogen (secondary N) is 1. The first-order valence-corrected chi connectivity index (χ1v) is 4.99. The molecular formula is C12H15NO. The number of furan rings is 1. The van der Waals surface area contributed by atoms with E-state index in [2.05, 4.69) is 37.4 Å². The van der Waals surface area contributed by atoms with Gasteiger partial charge in [0.05, 0.1) is 6.26 Å². The molecule has 2 heteroatoms. The second-order valence-electron chi connectivity index (χ2n) is 3.49. The molecule has 0 unspecified atom stereocenters. The largest absolute Gasteiger partial charge is 0.464 e. The summed E-state index contributed by atoms with van der Waals surface area (Å²) in [6.45, 7) is 6.04. The molecule has 0 bridgehead atoms. The topological polar surface area (TPSA) is 25.2 Å². The second-order valence-corrected chi connectivity index (χ2v) is 3.49. The van der Waals surface area contributed by atoms with Gasteiger partial charge in [-0.25, -0.2) is 0 Å². The van der Waals surface area contributed by atoms with Crippen LogP contribution in [0, 0.1) is 6.92 Å². The van der Waals surface area contributed by atoms with E-state index in [9.17, 15) is 0 Å². The minimum atomic E-state index is 0.882. The summed E-state index contributed by atoms with van der Waals surface area (Å²) < 4.78 is 5.54. The van der Waals surface area contributed by atoms with Crippen LogP contribution in [0.3, 0.4) is 0 Å². The normalized spacial score (nSPS) is 11.0. The number of rotatable bonds is 3. The average molecular weight is 189 g/mol. The summed E-state index contributed by atoms with van der Waals surface area (Å²) in [5, 5.41) is 4.53. The third kappa shape index (κ3) is 1.53. The van der Waals surface area contributed by atoms with Gasteiger partial charge in [-0.3, -0.25) is 0 Å². The molecule has 14 heavy (non-hydrogen) atoms. The number of hydrogen-bond acceptors (Lipinski definition) is 2. The zero-order valence-electron chi connectivity index (χ0n) is 8.63. The Morgan fingerprint density at radius 3 is 3.00 bits per heavy atom. The van der Waals surface area contributed by atoms with Crippen molar-refractivity contribution >= 4 is 11.0 Å². The number of aryl methyl sites for hydroxylation is 1. The molecule has 0 fully saturated rings. The fourth-order valence-electron chi connectivity index (χ4n) is 1.65. The van der Waals surface area contributed by atoms with Crippen molar-refractivity contribution in [3.63, 3.8) is 0 Å². The second kappa shape index (κ2) is 3.84. The van der Waals surface area contributed by atoms with Crippen LogP contribution in [0.25, 0.3) is 11.0 Å². The third-order valence-electron chi connectivity index (χ3n) is 2.44. The molecule has 0 aliphatic carbocycles. The average Bonchev–Trinajstić information content (AvgIpc) is 2.60. The van der Waals surface area contributed by atoms with Crippen LogP contribution in [-0.4, -0.2) is 6.54 Å². The molecule has 1 N–H and O–H groups in total. The predicted octanol–water partition coefficient (Wildman–Crippen LogP) is 2.85. The molecule has 0 saturated heterocycles. The number of fused-ring (bicyclic) bond motifs is 1. The first-order valence-electron chi connectivity index (χ1n) is 4.99. The number of benzene rings is 1. The van der Waals surface area contributed by atoms with Crippen molar-refractivity contribution in [2.75, 3.05) is 6.54 Å². The summed E-state index contributed by atoms with van der Waals surface area (Å²) in [4.78, 5) is 0. The molecule has 1 aromatic heterocycles. The van der Waals surface area contributed by atoms with Crippen molar-refractivity contribution in [2.24, 2.45) is 0 Å². The lowest BCUT2D eigenvalue weighted by Gasteiger charge is -1.98. The maximum absolute atomic E-state index is 5.54. The van der Waals surface area contributed by atoms with Gasteiger partial charge in [0, 0.05) is 17.5 Å². The van der Waals surface area contributed by atoms with Crippen LogP contribution in [0.1, 0.15) is 18.1 Å². The Morgan fingerprint density at radius 2 is 2.21 bits per heavy atom. The predicted molar refractivity (Wildman–Crippen MR) is 58.3 cm³/mol. The molecule has 0 aliphatic rings. The van der Waals surface area contributed by atoms with Crippen LogP contribution in [0.4, 0.5) is 0 Å². The first-order chi connectivity index (χ1) is 6.83. The van der Waals surface area contributed by atoms with Crippen LogP contribution in [0.15, 0.2) is 28.9 Å². The molecule has 0 aliphatic heterocycles. The Balaban J connectivity index is 2.42. The minimum absolute atomic E-state index is 0.882. The SMILES string of the molecule is CCNCc1coc2c(C)cccc12. The van der Waals surface area contributed by atoms with Gasteiger partial charge in [-0.05, 0) is 19.0 Å². The lowest BCUT2D eigenvalue weighted by molar-refractivity contribution is 0.602. The molecule has 74 valence electrons. The van der Waals surface area contributed by atoms with Gasteiger partial charge < -0.3 is 9.73 Å². The highest BCUT2D eigenvalue weighted by molar-refractivity contribution is 5.83. The van der Waals surface area contributed by atoms with Crippen molar-refractivity contribution in [1.82, 2.24) is 5.32 Å². The van der Waals surface area contributed by atoms with E-state index >= 15 is 0 Å². The van der Waals surface area contributed by atoms with E-state index in [-0.39, 0.29) is 0 Å². The summed E-state index contributed by atoms with van der Waals surface area (Å²) in [5.74, 6) is 0. The molecular weight excluding hydrogens is 174 g/mol. The zero-order chi connectivity index (χ0) is 9.97. The van der Waals surface area contributed by atoms with Crippen LogP contribution in [0.2, 0.25) is 0 Å². The summed E-state index contributed by atoms with van der Waals surface area (Å²) in [6.07, 6.45) is 1.85. The van der Waals surface area contributed by atoms with Gasteiger partial charge >= 0.3 is 0 Å². The van der Waals surface area contributed by atoms with E-state index in [1.165, 1.54) is 16.5 Å². The standard InChI is InChI=1S/C12H15NO/c1-3-13-7-10-8-14-12-9(2)5-4-6-11(10)12/h4-6,8,13H,3,7H2,1-2H3. The van der Waals surface area contributed by atoms with Crippen molar-refractivity contribution in [1.29, 1.82) is 0 Å². The van der Waals surface area contributed by atoms with Crippen LogP contribution in [0.5, 0.6) is 0 Å². The summed E-state index contributed by atoms with van der Waals surface area (Å²) in [6, 6.07) is 6.25. The van der Waals surface area contributed by atoms with E-state index in [4.69, 9.17) is 4.42 Å². The van der Waals surface area contributed by atoms with E-state index < -0.39 is 0 Å². The highest BCUT2D eigenvalue weighted by atomic mass is 16.3. The van der Waals surface area contributed by atoms with Crippen LogP contribution in [-0.2, 0) is 6.54 Å². The van der Waals surface area contributed by atoms with Crippen molar-refractivity contribution < 1.29 is 4.42 Å². The Bertz CT molecular complexity index is 431. The first kappa shape index (κ1) is 9.28. The van der Waals surface area contributed by atoms with Crippen LogP contribution < -0.4 is 5.32 Å². The molecule has 2 nitrogen and oxygen atoms in total. The van der Waals surface area contributed by atoms with E-state index in [0.717, 1.165) is 18.7 Å². The van der Waals surface area contributed by atoms with Crippen molar-refractivity contribution in [3.05, 3.63) is 35.6 Å². The highest BCUT2D eigenvalue weighted by Crippen LogP contribution is 2.23. The van der Waals surface area contributed by atoms with Gasteiger partial charge in [0.15, 0.2) is 0 Å². The van der Waals surface area contributed by atoms with E-state index in [1.807, 2.05) is 6.26 Å². The Hall–Kier alpha value is -1.28. The zero-order valence-corrected chi connectivity index (χ0v) is 8.63. The fraction of sp³-hybridized carbons (Fsp3) is 0.333. The molecule has 0 spiro atoms. The number of para-hydroxylation sites is 1. The monoisotopic (exact) mass is 189 g/mol. The molecule has 2 rings (SSSR count). The maximum Gasteiger partial charge on any atom is 0.137 e. The van der Waals surface area contributed by atoms with Gasteiger partial charge in [0.1, 0.15) is 5.58 Å². The van der Waals surface area contributed by atoms with Gasteiger partial charge in [-0.2, -0.15) is 0 Å². The van der Waals surface area contributed by atoms with Gasteiger partial charge in [0.2, 0.25) is 0 Å². The van der Waals surface area contributed by atoms with Crippen LogP contribution >= 0.6 is 0 Å². The smallest absolute Gasteiger partial charge is 0.137 e. The summed E-state index contributed by atoms with van der Waals surface area (Å²) in [7, 11) is 0. The van der Waals surface area contributed by atoms with Gasteiger partial charge in [0.25, 0.3) is 0 Å². The van der Waals surface area contributed by atoms with E-state index in [0.29, 0.717) is 0 Å². The minimum Gasteiger partial charge on any atom is -0.464 e. The molecule has 0 saturated carbocycles. The Labute approximate surface area is 83.9 Å². The number of hydrogen-bond donors (Lipinski definition) is 1. The van der Waals surface area contributed by atoms with Gasteiger partial charge in [-0.1, -0.05) is 25.1 Å². The fourth-order valence-corrected chi connectivity index (χ4v) is 1.65. The van der Waals surface area contributed by atoms with Crippen molar-refractivity contribution in [2.45, 2.75) is 20.4 Å². The van der Waals surface area contributed by atoms with Gasteiger partial charge in [-0.15, -0.1) is 0 Å². The highest BCUT2D eigenvalue weighted by Gasteiger charge is 2.05. The Morgan fingerprint density at radius 1 is 1.36 bits per heavy atom. The summed E-state index contributed by atoms with van der Waals surface area (Å²) >= 11 is 0. The van der Waals surface area contributed by atoms with E-state index in [1.54, 1.807) is 0 Å². The lowest BCUT2D eigenvalue weighted by Crippen LogP contribution is -2.11. The maximum atomic E-state index is 5.54. The van der Waals surface area contributed by atoms with Crippen molar-refractivity contribution in [3.8, 4) is 0 Å². The third-order valence-corrected chi connectivity index (χ3v) is 2.44. The quantitative estimate of drug-likeness (QED) is 0.803. The summed E-state index contributed by atoms with van der Waals surface area (Å²) in [5.41, 5.74) is 3.45. The lowest BCUT2D eigenvalue weighted by atomic mass is 10.1. The molecule has 1 heterocycles. The molecule has 2 aromatic rings. The molecule has 1 aromatic carbocycles.